The van der Waals surface area contributed by atoms with Crippen LogP contribution in [0.2, 0.25) is 0 Å². The van der Waals surface area contributed by atoms with Crippen molar-refractivity contribution in [2.75, 3.05) is 0 Å². The molecule has 6 heterocycles. The fourth-order valence-electron chi connectivity index (χ4n) is 8.68. The number of amides is 4. The molecule has 6 saturated heterocycles. The third-order valence-electron chi connectivity index (χ3n) is 10.6. The molecule has 10 nitrogen and oxygen atoms in total. The first kappa shape index (κ1) is 27.9. The summed E-state index contributed by atoms with van der Waals surface area (Å²) in [7, 11) is 0. The third kappa shape index (κ3) is 3.55. The van der Waals surface area contributed by atoms with Crippen LogP contribution in [0.15, 0.2) is 91.0 Å². The second kappa shape index (κ2) is 9.80. The number of carbonyl (C=O) groups is 4. The van der Waals surface area contributed by atoms with E-state index in [2.05, 4.69) is 0 Å². The van der Waals surface area contributed by atoms with Gasteiger partial charge in [-0.3, -0.25) is 0 Å². The second-order valence-corrected chi connectivity index (χ2v) is 23.6. The van der Waals surface area contributed by atoms with E-state index < -0.39 is 65.5 Å². The van der Waals surface area contributed by atoms with E-state index in [0.29, 0.717) is 36.2 Å². The number of imide groups is 2. The molecule has 9 rings (SSSR count). The molecule has 11 heteroatoms. The second-order valence-electron chi connectivity index (χ2n) is 12.8. The van der Waals surface area contributed by atoms with E-state index >= 15 is 0 Å². The maximum absolute atomic E-state index is 14.2. The zero-order chi connectivity index (χ0) is 30.5. The number of benzene rings is 3. The van der Waals surface area contributed by atoms with Gasteiger partial charge in [-0.2, -0.15) is 0 Å². The zero-order valence-electron chi connectivity index (χ0n) is 24.2. The monoisotopic (exact) mass is 716 g/mol. The molecule has 45 heavy (non-hydrogen) atoms. The Kier molecular flexibility index (Phi) is 6.07. The van der Waals surface area contributed by atoms with E-state index in [1.807, 2.05) is 91.0 Å². The minimum atomic E-state index is -6.33. The molecular weight excluding hydrogens is 686 g/mol. The minimum absolute atomic E-state index is 0.354. The van der Waals surface area contributed by atoms with Gasteiger partial charge in [-0.15, -0.1) is 0 Å². The van der Waals surface area contributed by atoms with Crippen LogP contribution in [0.5, 0.6) is 0 Å². The van der Waals surface area contributed by atoms with Crippen LogP contribution in [0.3, 0.4) is 0 Å². The Bertz CT molecular complexity index is 1520. The van der Waals surface area contributed by atoms with Crippen LogP contribution in [0.1, 0.15) is 25.7 Å². The summed E-state index contributed by atoms with van der Waals surface area (Å²) in [5.41, 5.74) is 0. The average molecular weight is 717 g/mol. The fourth-order valence-corrected chi connectivity index (χ4v) is 21.7. The van der Waals surface area contributed by atoms with E-state index in [1.165, 1.54) is 0 Å². The van der Waals surface area contributed by atoms with E-state index in [0.717, 1.165) is 10.1 Å². The molecule has 0 aliphatic carbocycles. The molecule has 0 spiro atoms. The van der Waals surface area contributed by atoms with Gasteiger partial charge in [0.2, 0.25) is 0 Å². The van der Waals surface area contributed by atoms with Crippen LogP contribution in [0.4, 0.5) is 0 Å². The summed E-state index contributed by atoms with van der Waals surface area (Å²) in [6.45, 7) is 0. The van der Waals surface area contributed by atoms with Gasteiger partial charge in [0.05, 0.1) is 0 Å². The molecule has 0 N–H and O–H groups in total. The third-order valence-corrected chi connectivity index (χ3v) is 23.9. The van der Waals surface area contributed by atoms with Gasteiger partial charge in [-0.25, -0.2) is 0 Å². The van der Waals surface area contributed by atoms with Crippen molar-refractivity contribution in [3.05, 3.63) is 91.0 Å². The van der Waals surface area contributed by atoms with Crippen LogP contribution < -0.4 is 10.5 Å². The first-order valence-corrected chi connectivity index (χ1v) is 21.5. The van der Waals surface area contributed by atoms with Gasteiger partial charge in [0.1, 0.15) is 0 Å². The van der Waals surface area contributed by atoms with Crippen molar-refractivity contribution < 1.29 is 34.9 Å². The van der Waals surface area contributed by atoms with Crippen LogP contribution >= 0.6 is 0 Å². The predicted octanol–water partition coefficient (Wildman–Crippen LogP) is 1.29. The van der Waals surface area contributed by atoms with Crippen LogP contribution in [0.25, 0.3) is 0 Å². The molecule has 0 aromatic heterocycles. The molecule has 3 aromatic rings. The fraction of sp³-hybridized carbons (Fsp3) is 0.353. The number of rotatable bonds is 7. The molecule has 4 unspecified atom stereocenters. The average Bonchev–Trinajstić information content (AvgIpc) is 3.95. The van der Waals surface area contributed by atoms with E-state index in [4.69, 9.17) is 15.7 Å². The first-order chi connectivity index (χ1) is 21.9. The summed E-state index contributed by atoms with van der Waals surface area (Å²) in [6, 6.07) is 27.5. The topological polar surface area (TPSA) is 112 Å². The summed E-state index contributed by atoms with van der Waals surface area (Å²) in [5, 5.41) is 1.80. The van der Waals surface area contributed by atoms with Crippen molar-refractivity contribution in [2.24, 2.45) is 23.7 Å². The predicted molar refractivity (Wildman–Crippen MR) is 160 cm³/mol. The van der Waals surface area contributed by atoms with Gasteiger partial charge >= 0.3 is 262 Å². The maximum atomic E-state index is 14.2. The first-order valence-electron chi connectivity index (χ1n) is 15.6. The van der Waals surface area contributed by atoms with Gasteiger partial charge in [0.15, 0.2) is 0 Å². The van der Waals surface area contributed by atoms with Gasteiger partial charge in [0, 0.05) is 0 Å². The van der Waals surface area contributed by atoms with Crippen molar-refractivity contribution in [1.29, 1.82) is 0 Å². The Balaban J connectivity index is 1.30. The molecule has 0 radical (unpaired) electrons. The van der Waals surface area contributed by atoms with Crippen LogP contribution in [-0.4, -0.2) is 76.4 Å². The Morgan fingerprint density at radius 1 is 0.467 bits per heavy atom. The molecule has 0 saturated carbocycles. The number of fused-ring (bicyclic) bond motifs is 10. The number of hydrogen-bond donors (Lipinski definition) is 0. The molecule has 8 atom stereocenters. The molecule has 3 aromatic carbocycles. The molecule has 6 aliphatic rings. The molecule has 230 valence electrons. The Labute approximate surface area is 261 Å². The molecule has 6 aliphatic heterocycles. The van der Waals surface area contributed by atoms with E-state index in [1.54, 1.807) is 0 Å². The van der Waals surface area contributed by atoms with Gasteiger partial charge in [0.25, 0.3) is 0 Å². The molecule has 4 bridgehead atoms. The molecule has 4 amide bonds. The number of hydrogen-bond acceptors (Lipinski definition) is 8. The normalized spacial score (nSPS) is 34.0. The SMILES string of the molecule is O=C1C2C(C(=O)N1[O][Sb]([O]N1C(=O)C3C(C1=O)[C@H]1CC[C@@H]3O1)([c]1ccccc1)([c]1ccccc1)[c]1ccccc1)[C@H]1CC[C@@H]2O1. The van der Waals surface area contributed by atoms with Crippen LogP contribution in [0, 0.1) is 23.7 Å². The van der Waals surface area contributed by atoms with Crippen molar-refractivity contribution in [2.45, 2.75) is 50.1 Å². The summed E-state index contributed by atoms with van der Waals surface area (Å²) in [6.07, 6.45) is 1.38. The number of hydroxylamine groups is 4. The van der Waals surface area contributed by atoms with Crippen molar-refractivity contribution in [3.63, 3.8) is 0 Å². The van der Waals surface area contributed by atoms with Gasteiger partial charge < -0.3 is 0 Å². The summed E-state index contributed by atoms with van der Waals surface area (Å²) < 4.78 is 28.0. The van der Waals surface area contributed by atoms with Gasteiger partial charge in [-0.05, 0) is 0 Å². The Hall–Kier alpha value is -3.40. The Morgan fingerprint density at radius 3 is 1.00 bits per heavy atom. The standard InChI is InChI=1S/2C8H8NO4.3C6H5.Sb/c2*10-7-5-3-1-2-4(13-3)6(5)8(11)9(7)12;3*1-2-4-6-5-3-1;/h2*3-6H,1-2H2;3*1-5H;/q2*-1;;;;+2/t2*3-,4+,5?,6?;;;;. The summed E-state index contributed by atoms with van der Waals surface area (Å²) in [5.74, 6) is -4.54. The number of carbonyl (C=O) groups excluding carboxylic acids is 4. The molecule has 6 fully saturated rings. The van der Waals surface area contributed by atoms with Crippen LogP contribution in [-0.2, 0) is 34.9 Å². The molecular formula is C34H31N2O8Sb. The zero-order valence-corrected chi connectivity index (χ0v) is 26.8. The van der Waals surface area contributed by atoms with Crippen molar-refractivity contribution in [1.82, 2.24) is 10.1 Å². The van der Waals surface area contributed by atoms with E-state index in [9.17, 15) is 19.2 Å². The van der Waals surface area contributed by atoms with E-state index in [-0.39, 0.29) is 24.4 Å². The van der Waals surface area contributed by atoms with Crippen molar-refractivity contribution >= 4 is 52.4 Å². The summed E-state index contributed by atoms with van der Waals surface area (Å²) >= 11 is -6.33. The number of nitrogens with zero attached hydrogens (tertiary/aromatic N) is 2. The number of ether oxygens (including phenoxy) is 2. The quantitative estimate of drug-likeness (QED) is 0.266. The Morgan fingerprint density at radius 2 is 0.733 bits per heavy atom. The summed E-state index contributed by atoms with van der Waals surface area (Å²) in [4.78, 5) is 56.9. The van der Waals surface area contributed by atoms with Crippen molar-refractivity contribution in [3.8, 4) is 0 Å². The van der Waals surface area contributed by atoms with Gasteiger partial charge in [-0.1, -0.05) is 0 Å².